The number of aliphatic hydroxyl groups excluding tert-OH is 1. The van der Waals surface area contributed by atoms with Gasteiger partial charge in [-0.1, -0.05) is 30.3 Å². The second-order valence-corrected chi connectivity index (χ2v) is 7.77. The van der Waals surface area contributed by atoms with Crippen LogP contribution in [-0.4, -0.2) is 69.7 Å². The molecule has 1 N–H and O–H groups in total. The van der Waals surface area contributed by atoms with Crippen LogP contribution < -0.4 is 9.47 Å². The Kier molecular flexibility index (Phi) is 8.49. The van der Waals surface area contributed by atoms with Crippen LogP contribution in [0, 0.1) is 0 Å². The van der Waals surface area contributed by atoms with E-state index in [1.807, 2.05) is 30.3 Å². The van der Waals surface area contributed by atoms with Crippen molar-refractivity contribution >= 4 is 5.97 Å². The third-order valence-corrected chi connectivity index (χ3v) is 4.84. The lowest BCUT2D eigenvalue weighted by Gasteiger charge is -2.32. The van der Waals surface area contributed by atoms with Crippen LogP contribution in [0.15, 0.2) is 48.5 Å². The summed E-state index contributed by atoms with van der Waals surface area (Å²) in [7, 11) is 7.21. The van der Waals surface area contributed by atoms with E-state index in [-0.39, 0.29) is 19.0 Å². The van der Waals surface area contributed by atoms with Crippen LogP contribution in [0.25, 0.3) is 0 Å². The van der Waals surface area contributed by atoms with E-state index in [1.54, 1.807) is 13.2 Å². The lowest BCUT2D eigenvalue weighted by molar-refractivity contribution is -0.893. The number of carbonyl (C=O) groups excluding carboxylic acids is 1. The number of carbonyl (C=O) groups is 1. The van der Waals surface area contributed by atoms with E-state index in [9.17, 15) is 9.90 Å². The Labute approximate surface area is 173 Å². The van der Waals surface area contributed by atoms with Gasteiger partial charge in [0, 0.05) is 12.0 Å². The molecule has 0 spiro atoms. The van der Waals surface area contributed by atoms with E-state index in [0.717, 1.165) is 24.3 Å². The van der Waals surface area contributed by atoms with Gasteiger partial charge in [0.1, 0.15) is 30.8 Å². The maximum absolute atomic E-state index is 11.5. The van der Waals surface area contributed by atoms with Crippen molar-refractivity contribution in [1.29, 1.82) is 0 Å². The van der Waals surface area contributed by atoms with Crippen molar-refractivity contribution in [3.8, 4) is 11.5 Å². The first kappa shape index (κ1) is 22.7. The fourth-order valence-electron chi connectivity index (χ4n) is 3.14. The molecule has 1 atom stereocenters. The minimum Gasteiger partial charge on any atom is -0.497 e. The lowest BCUT2D eigenvalue weighted by atomic mass is 10.1. The monoisotopic (exact) mass is 402 g/mol. The predicted molar refractivity (Wildman–Crippen MR) is 112 cm³/mol. The van der Waals surface area contributed by atoms with Crippen LogP contribution in [0.4, 0.5) is 0 Å². The number of likely N-dealkylation sites (N-methyl/N-ethyl adjacent to an activating group) is 1. The van der Waals surface area contributed by atoms with E-state index < -0.39 is 6.10 Å². The summed E-state index contributed by atoms with van der Waals surface area (Å²) in [4.78, 5) is 11.5. The Balaban J connectivity index is 1.84. The number of para-hydroxylation sites is 1. The second-order valence-electron chi connectivity index (χ2n) is 7.77. The first-order chi connectivity index (χ1) is 13.8. The Morgan fingerprint density at radius 3 is 2.41 bits per heavy atom. The highest BCUT2D eigenvalue weighted by Crippen LogP contribution is 2.19. The number of rotatable bonds is 11. The number of esters is 1. The molecule has 0 bridgehead atoms. The Hall–Kier alpha value is -2.57. The summed E-state index contributed by atoms with van der Waals surface area (Å²) in [6.45, 7) is 1.63. The molecule has 0 heterocycles. The third-order valence-electron chi connectivity index (χ3n) is 4.84. The van der Waals surface area contributed by atoms with Crippen LogP contribution >= 0.6 is 0 Å². The van der Waals surface area contributed by atoms with Gasteiger partial charge in [0.25, 0.3) is 0 Å². The zero-order valence-corrected chi connectivity index (χ0v) is 17.8. The molecule has 2 aromatic rings. The topological polar surface area (TPSA) is 65.0 Å². The van der Waals surface area contributed by atoms with Gasteiger partial charge in [-0.3, -0.25) is 4.79 Å². The number of nitrogens with zero attached hydrogens (tertiary/aromatic N) is 1. The highest BCUT2D eigenvalue weighted by molar-refractivity contribution is 5.73. The molecule has 2 rings (SSSR count). The number of methoxy groups -OCH3 is 2. The van der Waals surface area contributed by atoms with Crippen LogP contribution in [0.5, 0.6) is 11.5 Å². The Morgan fingerprint density at radius 1 is 1.07 bits per heavy atom. The quantitative estimate of drug-likeness (QED) is 0.462. The van der Waals surface area contributed by atoms with Gasteiger partial charge < -0.3 is 23.8 Å². The number of hydrogen-bond donors (Lipinski definition) is 1. The standard InChI is InChI=1S/C23H32NO5/c1-24(2,14-13-18-9-11-21(27-3)12-10-18)16-20(25)17-29-22-8-6-5-7-19(22)15-23(26)28-4/h5-12,20,25H,13-17H2,1-4H3/q+1. The molecule has 6 heteroatoms. The molecule has 0 aliphatic heterocycles. The molecule has 0 radical (unpaired) electrons. The second kappa shape index (κ2) is 10.8. The fourth-order valence-corrected chi connectivity index (χ4v) is 3.14. The summed E-state index contributed by atoms with van der Waals surface area (Å²) < 4.78 is 16.4. The van der Waals surface area contributed by atoms with Crippen molar-refractivity contribution in [3.63, 3.8) is 0 Å². The van der Waals surface area contributed by atoms with Gasteiger partial charge in [-0.2, -0.15) is 0 Å². The van der Waals surface area contributed by atoms with Crippen molar-refractivity contribution < 1.29 is 28.6 Å². The summed E-state index contributed by atoms with van der Waals surface area (Å²) in [5.74, 6) is 1.13. The predicted octanol–water partition coefficient (Wildman–Crippen LogP) is 2.47. The van der Waals surface area contributed by atoms with Gasteiger partial charge in [0.05, 0.1) is 41.3 Å². The molecule has 0 aliphatic rings. The van der Waals surface area contributed by atoms with Crippen molar-refractivity contribution in [2.24, 2.45) is 0 Å². The number of quaternary nitrogens is 1. The SMILES string of the molecule is COC(=O)Cc1ccccc1OCC(O)C[N+](C)(C)CCc1ccc(OC)cc1. The van der Waals surface area contributed by atoms with Crippen molar-refractivity contribution in [2.75, 3.05) is 48.0 Å². The normalized spacial score (nSPS) is 12.3. The highest BCUT2D eigenvalue weighted by Gasteiger charge is 2.21. The molecule has 2 aromatic carbocycles. The summed E-state index contributed by atoms with van der Waals surface area (Å²) in [6, 6.07) is 15.4. The van der Waals surface area contributed by atoms with E-state index in [0.29, 0.717) is 16.8 Å². The molecule has 6 nitrogen and oxygen atoms in total. The van der Waals surface area contributed by atoms with E-state index in [2.05, 4.69) is 26.2 Å². The van der Waals surface area contributed by atoms with Gasteiger partial charge in [0.15, 0.2) is 0 Å². The summed E-state index contributed by atoms with van der Waals surface area (Å²) in [5, 5.41) is 10.5. The molecule has 0 aliphatic carbocycles. The van der Waals surface area contributed by atoms with Crippen LogP contribution in [0.1, 0.15) is 11.1 Å². The van der Waals surface area contributed by atoms with Gasteiger partial charge in [-0.15, -0.1) is 0 Å². The average Bonchev–Trinajstić information content (AvgIpc) is 2.71. The molecule has 29 heavy (non-hydrogen) atoms. The number of aliphatic hydroxyl groups is 1. The molecule has 1 unspecified atom stereocenters. The average molecular weight is 403 g/mol. The van der Waals surface area contributed by atoms with Gasteiger partial charge in [-0.25, -0.2) is 0 Å². The molecular formula is C23H32NO5+. The number of benzene rings is 2. The Morgan fingerprint density at radius 2 is 1.76 bits per heavy atom. The van der Waals surface area contributed by atoms with E-state index in [1.165, 1.54) is 12.7 Å². The maximum Gasteiger partial charge on any atom is 0.310 e. The third kappa shape index (κ3) is 7.75. The first-order valence-electron chi connectivity index (χ1n) is 9.73. The van der Waals surface area contributed by atoms with Crippen LogP contribution in [0.3, 0.4) is 0 Å². The highest BCUT2D eigenvalue weighted by atomic mass is 16.5. The minimum atomic E-state index is -0.618. The van der Waals surface area contributed by atoms with Gasteiger partial charge >= 0.3 is 5.97 Å². The summed E-state index contributed by atoms with van der Waals surface area (Å²) in [5.41, 5.74) is 1.99. The van der Waals surface area contributed by atoms with Crippen LogP contribution in [0.2, 0.25) is 0 Å². The van der Waals surface area contributed by atoms with Crippen molar-refractivity contribution in [3.05, 3.63) is 59.7 Å². The minimum absolute atomic E-state index is 0.145. The number of hydrogen-bond acceptors (Lipinski definition) is 5. The maximum atomic E-state index is 11.5. The zero-order chi connectivity index (χ0) is 21.3. The zero-order valence-electron chi connectivity index (χ0n) is 17.8. The number of ether oxygens (including phenoxy) is 3. The fraction of sp³-hybridized carbons (Fsp3) is 0.435. The smallest absolute Gasteiger partial charge is 0.310 e. The van der Waals surface area contributed by atoms with E-state index in [4.69, 9.17) is 14.2 Å². The summed E-state index contributed by atoms with van der Waals surface area (Å²) >= 11 is 0. The molecule has 0 fully saturated rings. The van der Waals surface area contributed by atoms with Gasteiger partial charge in [0.2, 0.25) is 0 Å². The lowest BCUT2D eigenvalue weighted by Crippen LogP contribution is -2.48. The first-order valence-corrected chi connectivity index (χ1v) is 9.73. The van der Waals surface area contributed by atoms with Crippen molar-refractivity contribution in [1.82, 2.24) is 0 Å². The largest absolute Gasteiger partial charge is 0.497 e. The van der Waals surface area contributed by atoms with Gasteiger partial charge in [-0.05, 0) is 23.8 Å². The molecule has 0 saturated heterocycles. The molecule has 158 valence electrons. The molecule has 0 saturated carbocycles. The molecule has 0 aromatic heterocycles. The van der Waals surface area contributed by atoms with E-state index >= 15 is 0 Å². The summed E-state index contributed by atoms with van der Waals surface area (Å²) in [6.07, 6.45) is 0.436. The Bertz CT molecular complexity index is 773. The molecular weight excluding hydrogens is 370 g/mol. The molecule has 0 amide bonds. The van der Waals surface area contributed by atoms with Crippen LogP contribution in [-0.2, 0) is 22.4 Å². The van der Waals surface area contributed by atoms with Crippen molar-refractivity contribution in [2.45, 2.75) is 18.9 Å².